The number of rotatable bonds is 5. The number of fused-ring (bicyclic) bond motifs is 1. The second-order valence-electron chi connectivity index (χ2n) is 10.7. The summed E-state index contributed by atoms with van der Waals surface area (Å²) in [6, 6.07) is 10.5. The molecule has 2 saturated heterocycles. The van der Waals surface area contributed by atoms with Crippen LogP contribution in [0.1, 0.15) is 55.1 Å². The van der Waals surface area contributed by atoms with Crippen LogP contribution in [0.5, 0.6) is 0 Å². The number of hydrogen-bond acceptors (Lipinski definition) is 4. The lowest BCUT2D eigenvalue weighted by molar-refractivity contribution is -0.134. The van der Waals surface area contributed by atoms with Crippen molar-refractivity contribution in [3.63, 3.8) is 0 Å². The molecule has 3 heterocycles. The van der Waals surface area contributed by atoms with Gasteiger partial charge in [0.15, 0.2) is 5.82 Å². The van der Waals surface area contributed by atoms with Gasteiger partial charge < -0.3 is 19.9 Å². The molecule has 1 spiro atoms. The number of carboxylic acid groups (broad SMARTS) is 1. The topological polar surface area (TPSA) is 74.6 Å². The van der Waals surface area contributed by atoms with Crippen LogP contribution in [0.4, 0.5) is 4.39 Å². The maximum atomic E-state index is 15.4. The van der Waals surface area contributed by atoms with Crippen LogP contribution in [-0.2, 0) is 11.3 Å². The fraction of sp³-hybridized carbons (Fsp3) is 0.448. The summed E-state index contributed by atoms with van der Waals surface area (Å²) in [5.74, 6) is -1.58. The molecule has 0 saturated carbocycles. The molecule has 5 rings (SSSR count). The number of halogens is 2. The molecule has 1 atom stereocenters. The van der Waals surface area contributed by atoms with Crippen molar-refractivity contribution in [2.45, 2.75) is 68.3 Å². The van der Waals surface area contributed by atoms with E-state index in [1.54, 1.807) is 22.8 Å². The predicted octanol–water partition coefficient (Wildman–Crippen LogP) is 6.36. The fourth-order valence-electron chi connectivity index (χ4n) is 5.91. The number of aromatic nitrogens is 1. The van der Waals surface area contributed by atoms with Gasteiger partial charge in [-0.3, -0.25) is 4.79 Å². The molecule has 0 aliphatic carbocycles. The molecule has 9 heteroatoms. The van der Waals surface area contributed by atoms with Gasteiger partial charge in [-0.2, -0.15) is 0 Å². The molecule has 2 aliphatic heterocycles. The van der Waals surface area contributed by atoms with Gasteiger partial charge in [0.1, 0.15) is 6.54 Å². The Morgan fingerprint density at radius 2 is 1.95 bits per heavy atom. The van der Waals surface area contributed by atoms with Gasteiger partial charge in [0, 0.05) is 40.0 Å². The van der Waals surface area contributed by atoms with Crippen LogP contribution in [-0.4, -0.2) is 52.1 Å². The zero-order chi connectivity index (χ0) is 27.0. The minimum atomic E-state index is -1.01. The van der Waals surface area contributed by atoms with E-state index in [0.29, 0.717) is 22.4 Å². The van der Waals surface area contributed by atoms with Crippen molar-refractivity contribution in [1.29, 1.82) is 0 Å². The normalized spacial score (nSPS) is 19.6. The average molecular weight is 558 g/mol. The van der Waals surface area contributed by atoms with E-state index in [2.05, 4.69) is 12.2 Å². The zero-order valence-electron chi connectivity index (χ0n) is 21.7. The van der Waals surface area contributed by atoms with Crippen molar-refractivity contribution in [2.24, 2.45) is 5.41 Å². The first-order chi connectivity index (χ1) is 18.2. The second-order valence-corrected chi connectivity index (χ2v) is 12.2. The molecule has 6 nitrogen and oxygen atoms in total. The van der Waals surface area contributed by atoms with Gasteiger partial charge in [-0.1, -0.05) is 29.4 Å². The molecule has 2 aliphatic rings. The molecular formula is C29H33ClFN3O3S. The molecule has 2 N–H and O–H groups in total. The number of amides is 1. The molecule has 2 aromatic carbocycles. The minimum absolute atomic E-state index is 0.00393. The highest BCUT2D eigenvalue weighted by Gasteiger charge is 2.37. The van der Waals surface area contributed by atoms with Crippen LogP contribution in [0.25, 0.3) is 10.9 Å². The van der Waals surface area contributed by atoms with E-state index in [1.807, 2.05) is 17.9 Å². The summed E-state index contributed by atoms with van der Waals surface area (Å²) in [5.41, 5.74) is 1.54. The number of piperidine rings is 1. The number of hydrogen-bond donors (Lipinski definition) is 2. The van der Waals surface area contributed by atoms with E-state index in [-0.39, 0.29) is 23.0 Å². The molecule has 1 amide bonds. The Labute approximate surface area is 231 Å². The van der Waals surface area contributed by atoms with E-state index < -0.39 is 11.8 Å². The van der Waals surface area contributed by atoms with Crippen molar-refractivity contribution in [1.82, 2.24) is 14.8 Å². The summed E-state index contributed by atoms with van der Waals surface area (Å²) in [5, 5.41) is 13.6. The number of nitrogens with one attached hydrogen (secondary N) is 1. The number of carboxylic acids is 1. The zero-order valence-corrected chi connectivity index (χ0v) is 23.3. The number of carbonyl (C=O) groups is 2. The molecule has 0 bridgehead atoms. The van der Waals surface area contributed by atoms with E-state index >= 15 is 4.39 Å². The molecule has 3 aromatic rings. The molecule has 1 aromatic heterocycles. The maximum absolute atomic E-state index is 15.4. The van der Waals surface area contributed by atoms with Crippen LogP contribution in [0, 0.1) is 18.2 Å². The molecule has 2 fully saturated rings. The SMILES string of the molecule is Cc1c(Sc2cccc(C(=O)O)c2)c2ccc(Cl)c(F)c2n1CC(=O)N1CCC2(CCNC(C)CC2)CC1. The van der Waals surface area contributed by atoms with Crippen LogP contribution in [0.3, 0.4) is 0 Å². The summed E-state index contributed by atoms with van der Waals surface area (Å²) in [4.78, 5) is 28.4. The Bertz CT molecular complexity index is 1380. The maximum Gasteiger partial charge on any atom is 0.335 e. The number of nitrogens with zero attached hydrogens (tertiary/aromatic N) is 2. The third-order valence-corrected chi connectivity index (χ3v) is 9.84. The quantitative estimate of drug-likeness (QED) is 0.382. The summed E-state index contributed by atoms with van der Waals surface area (Å²) >= 11 is 7.53. The van der Waals surface area contributed by atoms with E-state index in [0.717, 1.165) is 54.4 Å². The second kappa shape index (κ2) is 10.9. The lowest BCUT2D eigenvalue weighted by Gasteiger charge is -2.41. The number of aromatic carboxylic acids is 1. The molecular weight excluding hydrogens is 525 g/mol. The molecule has 0 radical (unpaired) electrons. The van der Waals surface area contributed by atoms with Crippen molar-refractivity contribution in [2.75, 3.05) is 19.6 Å². The Morgan fingerprint density at radius 1 is 1.18 bits per heavy atom. The molecule has 38 heavy (non-hydrogen) atoms. The largest absolute Gasteiger partial charge is 0.478 e. The van der Waals surface area contributed by atoms with Gasteiger partial charge in [0.2, 0.25) is 5.91 Å². The van der Waals surface area contributed by atoms with Crippen molar-refractivity contribution in [3.8, 4) is 0 Å². The third-order valence-electron chi connectivity index (χ3n) is 8.34. The lowest BCUT2D eigenvalue weighted by atomic mass is 9.72. The monoisotopic (exact) mass is 557 g/mol. The Morgan fingerprint density at radius 3 is 2.68 bits per heavy atom. The van der Waals surface area contributed by atoms with Crippen LogP contribution < -0.4 is 5.32 Å². The van der Waals surface area contributed by atoms with Gasteiger partial charge in [-0.05, 0) is 88.2 Å². The van der Waals surface area contributed by atoms with E-state index in [1.165, 1.54) is 36.7 Å². The summed E-state index contributed by atoms with van der Waals surface area (Å²) in [7, 11) is 0. The molecule has 1 unspecified atom stereocenters. The van der Waals surface area contributed by atoms with Crippen molar-refractivity contribution >= 4 is 46.1 Å². The highest BCUT2D eigenvalue weighted by molar-refractivity contribution is 7.99. The van der Waals surface area contributed by atoms with Crippen LogP contribution in [0.2, 0.25) is 5.02 Å². The molecule has 202 valence electrons. The van der Waals surface area contributed by atoms with Crippen LogP contribution >= 0.6 is 23.4 Å². The van der Waals surface area contributed by atoms with Gasteiger partial charge in [0.05, 0.1) is 16.1 Å². The first-order valence-electron chi connectivity index (χ1n) is 13.2. The smallest absolute Gasteiger partial charge is 0.335 e. The number of likely N-dealkylation sites (tertiary alicyclic amines) is 1. The number of benzene rings is 2. The van der Waals surface area contributed by atoms with Gasteiger partial charge in [-0.15, -0.1) is 0 Å². The van der Waals surface area contributed by atoms with Gasteiger partial charge in [0.25, 0.3) is 0 Å². The summed E-state index contributed by atoms with van der Waals surface area (Å²) in [6.07, 6.45) is 5.50. The van der Waals surface area contributed by atoms with Gasteiger partial charge >= 0.3 is 5.97 Å². The number of carbonyl (C=O) groups excluding carboxylic acids is 1. The Hall–Kier alpha value is -2.55. The fourth-order valence-corrected chi connectivity index (χ4v) is 7.16. The first kappa shape index (κ1) is 27.0. The Kier molecular flexibility index (Phi) is 7.76. The predicted molar refractivity (Wildman–Crippen MR) is 149 cm³/mol. The minimum Gasteiger partial charge on any atom is -0.478 e. The highest BCUT2D eigenvalue weighted by Crippen LogP contribution is 2.42. The van der Waals surface area contributed by atoms with Crippen LogP contribution in [0.15, 0.2) is 46.2 Å². The van der Waals surface area contributed by atoms with E-state index in [4.69, 9.17) is 11.6 Å². The van der Waals surface area contributed by atoms with E-state index in [9.17, 15) is 14.7 Å². The lowest BCUT2D eigenvalue weighted by Crippen LogP contribution is -2.44. The first-order valence-corrected chi connectivity index (χ1v) is 14.4. The summed E-state index contributed by atoms with van der Waals surface area (Å²) < 4.78 is 17.1. The van der Waals surface area contributed by atoms with Crippen molar-refractivity contribution < 1.29 is 19.1 Å². The standard InChI is InChI=1S/C29H33ClFN3O3S/c1-18-8-9-29(10-13-32-18)11-14-33(15-12-29)24(35)17-34-19(2)27(22-6-7-23(30)25(31)26(22)34)38-21-5-3-4-20(16-21)28(36)37/h3-7,16,18,32H,8-15,17H2,1-2H3,(H,36,37). The summed E-state index contributed by atoms with van der Waals surface area (Å²) in [6.45, 7) is 6.61. The van der Waals surface area contributed by atoms with Gasteiger partial charge in [-0.25, -0.2) is 9.18 Å². The highest BCUT2D eigenvalue weighted by atomic mass is 35.5. The average Bonchev–Trinajstić information content (AvgIpc) is 3.03. The van der Waals surface area contributed by atoms with Crippen molar-refractivity contribution in [3.05, 3.63) is 58.5 Å². The third kappa shape index (κ3) is 5.31. The Balaban J connectivity index is 1.40.